The van der Waals surface area contributed by atoms with Crippen LogP contribution in [-0.2, 0) is 7.05 Å². The standard InChI is InChI=1S/C11H10ClNO3/c1-13-9(11(14)15)4-6-3-7(16-2)5-8(12)10(6)13/h3-5H,1-2H3,(H,14,15). The van der Waals surface area contributed by atoms with E-state index in [1.165, 1.54) is 0 Å². The molecule has 16 heavy (non-hydrogen) atoms. The number of fused-ring (bicyclic) bond motifs is 1. The predicted molar refractivity (Wildman–Crippen MR) is 61.4 cm³/mol. The number of aromatic carboxylic acids is 1. The lowest BCUT2D eigenvalue weighted by atomic mass is 10.2. The monoisotopic (exact) mass is 239 g/mol. The highest BCUT2D eigenvalue weighted by Crippen LogP contribution is 2.31. The minimum atomic E-state index is -0.978. The summed E-state index contributed by atoms with van der Waals surface area (Å²) in [5.74, 6) is -0.367. The van der Waals surface area contributed by atoms with Crippen LogP contribution in [0.1, 0.15) is 10.5 Å². The fourth-order valence-corrected chi connectivity index (χ4v) is 2.09. The van der Waals surface area contributed by atoms with Crippen LogP contribution in [0.25, 0.3) is 10.9 Å². The zero-order valence-electron chi connectivity index (χ0n) is 8.82. The Bertz CT molecular complexity index is 574. The first-order valence-corrected chi connectivity index (χ1v) is 4.98. The normalized spacial score (nSPS) is 10.7. The number of carboxylic acids is 1. The molecule has 0 aliphatic carbocycles. The number of carboxylic acid groups (broad SMARTS) is 1. The third-order valence-electron chi connectivity index (χ3n) is 2.51. The van der Waals surface area contributed by atoms with Crippen LogP contribution < -0.4 is 4.74 Å². The van der Waals surface area contributed by atoms with Crippen LogP contribution in [-0.4, -0.2) is 22.8 Å². The summed E-state index contributed by atoms with van der Waals surface area (Å²) in [4.78, 5) is 11.0. The summed E-state index contributed by atoms with van der Waals surface area (Å²) in [6.45, 7) is 0. The number of nitrogens with zero attached hydrogens (tertiary/aromatic N) is 1. The van der Waals surface area contributed by atoms with E-state index >= 15 is 0 Å². The van der Waals surface area contributed by atoms with Gasteiger partial charge in [0, 0.05) is 18.5 Å². The van der Waals surface area contributed by atoms with Crippen molar-refractivity contribution in [3.8, 4) is 5.75 Å². The molecule has 1 aromatic carbocycles. The van der Waals surface area contributed by atoms with Crippen molar-refractivity contribution in [3.63, 3.8) is 0 Å². The van der Waals surface area contributed by atoms with E-state index in [9.17, 15) is 4.79 Å². The number of halogens is 1. The van der Waals surface area contributed by atoms with Gasteiger partial charge in [-0.2, -0.15) is 0 Å². The van der Waals surface area contributed by atoms with E-state index in [2.05, 4.69) is 0 Å². The van der Waals surface area contributed by atoms with E-state index in [1.54, 1.807) is 36.9 Å². The highest BCUT2D eigenvalue weighted by molar-refractivity contribution is 6.35. The third kappa shape index (κ3) is 1.51. The lowest BCUT2D eigenvalue weighted by Crippen LogP contribution is -2.03. The molecule has 2 rings (SSSR count). The first-order chi connectivity index (χ1) is 7.54. The number of aryl methyl sites for hydroxylation is 1. The summed E-state index contributed by atoms with van der Waals surface area (Å²) >= 11 is 6.07. The molecule has 0 bridgehead atoms. The van der Waals surface area contributed by atoms with Crippen molar-refractivity contribution in [1.82, 2.24) is 4.57 Å². The number of carbonyl (C=O) groups is 1. The fourth-order valence-electron chi connectivity index (χ4n) is 1.75. The Kier molecular flexibility index (Phi) is 2.52. The summed E-state index contributed by atoms with van der Waals surface area (Å²) in [5.41, 5.74) is 0.894. The molecule has 0 fully saturated rings. The number of benzene rings is 1. The van der Waals surface area contributed by atoms with E-state index in [0.717, 1.165) is 5.39 Å². The highest BCUT2D eigenvalue weighted by atomic mass is 35.5. The lowest BCUT2D eigenvalue weighted by molar-refractivity contribution is 0.0687. The molecular formula is C11H10ClNO3. The first kappa shape index (κ1) is 10.8. The van der Waals surface area contributed by atoms with Gasteiger partial charge in [0.1, 0.15) is 11.4 Å². The minimum absolute atomic E-state index is 0.199. The van der Waals surface area contributed by atoms with Crippen molar-refractivity contribution < 1.29 is 14.6 Å². The van der Waals surface area contributed by atoms with Crippen LogP contribution in [0.2, 0.25) is 5.02 Å². The first-order valence-electron chi connectivity index (χ1n) is 4.61. The molecule has 0 aliphatic rings. The Labute approximate surface area is 97.0 Å². The molecule has 0 atom stereocenters. The number of methoxy groups -OCH3 is 1. The average molecular weight is 240 g/mol. The molecule has 1 heterocycles. The molecular weight excluding hydrogens is 230 g/mol. The van der Waals surface area contributed by atoms with E-state index in [-0.39, 0.29) is 5.69 Å². The van der Waals surface area contributed by atoms with Gasteiger partial charge in [0.15, 0.2) is 0 Å². The molecule has 2 aromatic rings. The Morgan fingerprint density at radius 1 is 1.44 bits per heavy atom. The van der Waals surface area contributed by atoms with E-state index < -0.39 is 5.97 Å². The van der Waals surface area contributed by atoms with Crippen molar-refractivity contribution >= 4 is 28.5 Å². The predicted octanol–water partition coefficient (Wildman–Crippen LogP) is 2.54. The van der Waals surface area contributed by atoms with Crippen LogP contribution >= 0.6 is 11.6 Å². The maximum atomic E-state index is 11.0. The zero-order chi connectivity index (χ0) is 11.9. The number of hydrogen-bond donors (Lipinski definition) is 1. The van der Waals surface area contributed by atoms with Crippen molar-refractivity contribution in [2.45, 2.75) is 0 Å². The van der Waals surface area contributed by atoms with Gasteiger partial charge >= 0.3 is 5.97 Å². The molecule has 0 radical (unpaired) electrons. The van der Waals surface area contributed by atoms with Gasteiger partial charge in [-0.3, -0.25) is 0 Å². The van der Waals surface area contributed by atoms with Gasteiger partial charge in [-0.15, -0.1) is 0 Å². The molecule has 0 unspecified atom stereocenters. The van der Waals surface area contributed by atoms with Gasteiger partial charge in [0.25, 0.3) is 0 Å². The van der Waals surface area contributed by atoms with Gasteiger partial charge < -0.3 is 14.4 Å². The van der Waals surface area contributed by atoms with Gasteiger partial charge in [0.2, 0.25) is 0 Å². The van der Waals surface area contributed by atoms with Gasteiger partial charge in [-0.1, -0.05) is 11.6 Å². The fraction of sp³-hybridized carbons (Fsp3) is 0.182. The molecule has 0 amide bonds. The molecule has 0 aliphatic heterocycles. The van der Waals surface area contributed by atoms with Crippen LogP contribution in [0.4, 0.5) is 0 Å². The largest absolute Gasteiger partial charge is 0.497 e. The summed E-state index contributed by atoms with van der Waals surface area (Å²) in [5, 5.41) is 10.2. The Morgan fingerprint density at radius 2 is 2.12 bits per heavy atom. The quantitative estimate of drug-likeness (QED) is 0.876. The van der Waals surface area contributed by atoms with E-state index in [1.807, 2.05) is 0 Å². The van der Waals surface area contributed by atoms with Crippen molar-refractivity contribution in [1.29, 1.82) is 0 Å². The molecule has 0 saturated carbocycles. The average Bonchev–Trinajstić information content (AvgIpc) is 2.56. The second-order valence-electron chi connectivity index (χ2n) is 3.44. The second-order valence-corrected chi connectivity index (χ2v) is 3.85. The number of ether oxygens (including phenoxy) is 1. The van der Waals surface area contributed by atoms with Crippen molar-refractivity contribution in [3.05, 3.63) is 28.9 Å². The van der Waals surface area contributed by atoms with Crippen LogP contribution in [0.3, 0.4) is 0 Å². The molecule has 0 spiro atoms. The van der Waals surface area contributed by atoms with Crippen molar-refractivity contribution in [2.24, 2.45) is 7.05 Å². The molecule has 4 nitrogen and oxygen atoms in total. The topological polar surface area (TPSA) is 51.5 Å². The molecule has 84 valence electrons. The van der Waals surface area contributed by atoms with Crippen molar-refractivity contribution in [2.75, 3.05) is 7.11 Å². The summed E-state index contributed by atoms with van der Waals surface area (Å²) < 4.78 is 6.63. The Balaban J connectivity index is 2.80. The highest BCUT2D eigenvalue weighted by Gasteiger charge is 2.14. The zero-order valence-corrected chi connectivity index (χ0v) is 9.58. The number of hydrogen-bond acceptors (Lipinski definition) is 2. The summed E-state index contributed by atoms with van der Waals surface area (Å²) in [6, 6.07) is 5.00. The Morgan fingerprint density at radius 3 is 2.69 bits per heavy atom. The van der Waals surface area contributed by atoms with Gasteiger partial charge in [0.05, 0.1) is 17.6 Å². The number of aromatic nitrogens is 1. The lowest BCUT2D eigenvalue weighted by Gasteiger charge is -2.04. The third-order valence-corrected chi connectivity index (χ3v) is 2.80. The molecule has 5 heteroatoms. The summed E-state index contributed by atoms with van der Waals surface area (Å²) in [7, 11) is 3.21. The Hall–Kier alpha value is -1.68. The molecule has 0 saturated heterocycles. The summed E-state index contributed by atoms with van der Waals surface area (Å²) in [6.07, 6.45) is 0. The molecule has 1 N–H and O–H groups in total. The van der Waals surface area contributed by atoms with Gasteiger partial charge in [-0.05, 0) is 12.1 Å². The maximum absolute atomic E-state index is 11.0. The number of rotatable bonds is 2. The maximum Gasteiger partial charge on any atom is 0.352 e. The van der Waals surface area contributed by atoms with E-state index in [0.29, 0.717) is 16.3 Å². The van der Waals surface area contributed by atoms with Gasteiger partial charge in [-0.25, -0.2) is 4.79 Å². The van der Waals surface area contributed by atoms with Crippen LogP contribution in [0.5, 0.6) is 5.75 Å². The SMILES string of the molecule is COc1cc(Cl)c2c(c1)cc(C(=O)O)n2C. The van der Waals surface area contributed by atoms with Crippen LogP contribution in [0.15, 0.2) is 18.2 Å². The smallest absolute Gasteiger partial charge is 0.352 e. The van der Waals surface area contributed by atoms with Crippen LogP contribution in [0, 0.1) is 0 Å². The minimum Gasteiger partial charge on any atom is -0.497 e. The van der Waals surface area contributed by atoms with E-state index in [4.69, 9.17) is 21.4 Å². The second kappa shape index (κ2) is 3.72. The molecule has 1 aromatic heterocycles.